The van der Waals surface area contributed by atoms with Crippen molar-refractivity contribution in [3.8, 4) is 23.1 Å². The Balaban J connectivity index is 1.94. The molecule has 1 aliphatic heterocycles. The van der Waals surface area contributed by atoms with Crippen LogP contribution in [0.5, 0.6) is 0 Å². The molecule has 0 radical (unpaired) electrons. The first-order chi connectivity index (χ1) is 14.7. The Labute approximate surface area is 179 Å². The highest BCUT2D eigenvalue weighted by atomic mass is 19.1. The minimum atomic E-state index is -1.32. The van der Waals surface area contributed by atoms with E-state index >= 15 is 0 Å². The maximum atomic E-state index is 14.5. The first kappa shape index (κ1) is 22.2. The van der Waals surface area contributed by atoms with Crippen LogP contribution in [0, 0.1) is 17.7 Å². The van der Waals surface area contributed by atoms with E-state index in [1.807, 2.05) is 11.9 Å². The molecule has 0 saturated carbocycles. The average molecular weight is 425 g/mol. The van der Waals surface area contributed by atoms with Crippen molar-refractivity contribution in [3.05, 3.63) is 53.7 Å². The van der Waals surface area contributed by atoms with E-state index in [-0.39, 0.29) is 22.8 Å². The monoisotopic (exact) mass is 425 g/mol. The van der Waals surface area contributed by atoms with Gasteiger partial charge in [-0.25, -0.2) is 14.4 Å². The van der Waals surface area contributed by atoms with E-state index < -0.39 is 17.3 Å². The molecule has 0 unspecified atom stereocenters. The molecule has 0 spiro atoms. The molecule has 1 saturated heterocycles. The molecule has 31 heavy (non-hydrogen) atoms. The standard InChI is InChI=1S/C22H24FN5O3/c1-14-22(30,8-10-28(14)2)7-6-15-4-5-17(23)16(12-15)18-13-26-21(25-9-11-31-3)19(27-18)20(24)29/h4-5,12-13,30H,1,8-11H2,2-3H3,(H2,24,29)(H,25,26)/t22-/m0/s1. The van der Waals surface area contributed by atoms with Crippen LogP contribution in [-0.4, -0.2) is 65.3 Å². The number of rotatable bonds is 6. The highest BCUT2D eigenvalue weighted by Gasteiger charge is 2.36. The van der Waals surface area contributed by atoms with E-state index in [1.54, 1.807) is 7.11 Å². The second-order valence-electron chi connectivity index (χ2n) is 7.16. The number of likely N-dealkylation sites (tertiary alicyclic amines) is 1. The van der Waals surface area contributed by atoms with Gasteiger partial charge >= 0.3 is 0 Å². The van der Waals surface area contributed by atoms with Crippen LogP contribution in [0.3, 0.4) is 0 Å². The Kier molecular flexibility index (Phi) is 6.53. The number of primary amides is 1. The molecule has 8 nitrogen and oxygen atoms in total. The fourth-order valence-corrected chi connectivity index (χ4v) is 3.13. The molecule has 0 bridgehead atoms. The molecule has 1 aromatic carbocycles. The Morgan fingerprint density at radius 1 is 1.52 bits per heavy atom. The number of likely N-dealkylation sites (N-methyl/N-ethyl adjacent to an activating group) is 1. The molecule has 9 heteroatoms. The predicted octanol–water partition coefficient (Wildman–Crippen LogP) is 1.37. The molecule has 1 amide bonds. The SMILES string of the molecule is C=C1N(C)CC[C@@]1(O)C#Cc1ccc(F)c(-c2cnc(NCCOC)c(C(N)=O)n2)c1. The van der Waals surface area contributed by atoms with E-state index in [9.17, 15) is 14.3 Å². The van der Waals surface area contributed by atoms with Crippen LogP contribution < -0.4 is 11.1 Å². The lowest BCUT2D eigenvalue weighted by molar-refractivity contribution is 0.0996. The van der Waals surface area contributed by atoms with Crippen LogP contribution in [-0.2, 0) is 4.74 Å². The van der Waals surface area contributed by atoms with Crippen molar-refractivity contribution >= 4 is 11.7 Å². The number of methoxy groups -OCH3 is 1. The minimum Gasteiger partial charge on any atom is -0.383 e. The average Bonchev–Trinajstić information content (AvgIpc) is 3.01. The first-order valence-electron chi connectivity index (χ1n) is 9.61. The van der Waals surface area contributed by atoms with E-state index in [0.29, 0.717) is 37.4 Å². The predicted molar refractivity (Wildman–Crippen MR) is 115 cm³/mol. The van der Waals surface area contributed by atoms with Gasteiger partial charge in [-0.3, -0.25) is 4.79 Å². The second kappa shape index (κ2) is 9.12. The van der Waals surface area contributed by atoms with Gasteiger partial charge in [0.1, 0.15) is 5.82 Å². The second-order valence-corrected chi connectivity index (χ2v) is 7.16. The molecule has 1 aromatic heterocycles. The van der Waals surface area contributed by atoms with E-state index in [0.717, 1.165) is 0 Å². The van der Waals surface area contributed by atoms with Gasteiger partial charge < -0.3 is 25.8 Å². The summed E-state index contributed by atoms with van der Waals surface area (Å²) in [6.45, 7) is 5.32. The fraction of sp³-hybridized carbons (Fsp3) is 0.318. The largest absolute Gasteiger partial charge is 0.383 e. The normalized spacial score (nSPS) is 17.9. The number of nitrogens with one attached hydrogen (secondary N) is 1. The summed E-state index contributed by atoms with van der Waals surface area (Å²) in [7, 11) is 3.38. The number of hydrogen-bond acceptors (Lipinski definition) is 7. The highest BCUT2D eigenvalue weighted by Crippen LogP contribution is 2.29. The maximum Gasteiger partial charge on any atom is 0.271 e. The van der Waals surface area contributed by atoms with Crippen LogP contribution in [0.15, 0.2) is 36.7 Å². The molecule has 4 N–H and O–H groups in total. The topological polar surface area (TPSA) is 114 Å². The van der Waals surface area contributed by atoms with Gasteiger partial charge in [-0.15, -0.1) is 0 Å². The van der Waals surface area contributed by atoms with Crippen molar-refractivity contribution in [2.75, 3.05) is 39.2 Å². The van der Waals surface area contributed by atoms with Crippen LogP contribution in [0.25, 0.3) is 11.3 Å². The van der Waals surface area contributed by atoms with Gasteiger partial charge in [-0.05, 0) is 18.2 Å². The van der Waals surface area contributed by atoms with Crippen LogP contribution in [0.2, 0.25) is 0 Å². The number of nitrogens with two attached hydrogens (primary N) is 1. The molecule has 1 aliphatic rings. The molecular formula is C22H24FN5O3. The number of aliphatic hydroxyl groups is 1. The molecule has 3 rings (SSSR count). The minimum absolute atomic E-state index is 0.107. The van der Waals surface area contributed by atoms with Crippen LogP contribution >= 0.6 is 0 Å². The Bertz CT molecular complexity index is 1080. The van der Waals surface area contributed by atoms with Crippen molar-refractivity contribution in [3.63, 3.8) is 0 Å². The molecule has 2 heterocycles. The summed E-state index contributed by atoms with van der Waals surface area (Å²) in [4.78, 5) is 22.0. The lowest BCUT2D eigenvalue weighted by Crippen LogP contribution is -2.26. The number of aromatic nitrogens is 2. The number of anilines is 1. The lowest BCUT2D eigenvalue weighted by Gasteiger charge is -2.19. The van der Waals surface area contributed by atoms with Gasteiger partial charge in [0.2, 0.25) is 0 Å². The highest BCUT2D eigenvalue weighted by molar-refractivity contribution is 5.96. The molecule has 1 atom stereocenters. The van der Waals surface area contributed by atoms with E-state index in [1.165, 1.54) is 24.4 Å². The molecule has 0 aliphatic carbocycles. The Morgan fingerprint density at radius 3 is 2.94 bits per heavy atom. The van der Waals surface area contributed by atoms with Gasteiger partial charge in [0.15, 0.2) is 17.1 Å². The van der Waals surface area contributed by atoms with Crippen LogP contribution in [0.4, 0.5) is 10.2 Å². The smallest absolute Gasteiger partial charge is 0.271 e. The maximum absolute atomic E-state index is 14.5. The van der Waals surface area contributed by atoms with Crippen molar-refractivity contribution in [1.29, 1.82) is 0 Å². The third-order valence-electron chi connectivity index (χ3n) is 5.01. The zero-order chi connectivity index (χ0) is 22.6. The first-order valence-corrected chi connectivity index (χ1v) is 9.61. The number of nitrogens with zero attached hydrogens (tertiary/aromatic N) is 3. The lowest BCUT2D eigenvalue weighted by atomic mass is 10.00. The third kappa shape index (κ3) is 4.82. The summed E-state index contributed by atoms with van der Waals surface area (Å²) in [6.07, 6.45) is 1.78. The van der Waals surface area contributed by atoms with Gasteiger partial charge in [-0.1, -0.05) is 18.4 Å². The summed E-state index contributed by atoms with van der Waals surface area (Å²) < 4.78 is 19.5. The summed E-state index contributed by atoms with van der Waals surface area (Å²) in [5, 5.41) is 13.6. The summed E-state index contributed by atoms with van der Waals surface area (Å²) >= 11 is 0. The number of amides is 1. The summed E-state index contributed by atoms with van der Waals surface area (Å²) in [6, 6.07) is 4.23. The zero-order valence-corrected chi connectivity index (χ0v) is 17.4. The van der Waals surface area contributed by atoms with Gasteiger partial charge in [-0.2, -0.15) is 0 Å². The molecule has 2 aromatic rings. The number of carbonyl (C=O) groups excluding carboxylic acids is 1. The Hall–Kier alpha value is -3.48. The number of halogens is 1. The number of carbonyl (C=O) groups is 1. The summed E-state index contributed by atoms with van der Waals surface area (Å²) in [5.41, 5.74) is 5.23. The van der Waals surface area contributed by atoms with Gasteiger partial charge in [0, 0.05) is 44.8 Å². The van der Waals surface area contributed by atoms with Crippen molar-refractivity contribution < 1.29 is 19.0 Å². The summed E-state index contributed by atoms with van der Waals surface area (Å²) in [5.74, 6) is 4.55. The van der Waals surface area contributed by atoms with Crippen molar-refractivity contribution in [2.24, 2.45) is 5.73 Å². The number of benzene rings is 1. The van der Waals surface area contributed by atoms with Crippen LogP contribution in [0.1, 0.15) is 22.5 Å². The van der Waals surface area contributed by atoms with Gasteiger partial charge in [0.25, 0.3) is 5.91 Å². The number of ether oxygens (including phenoxy) is 1. The quantitative estimate of drug-likeness (QED) is 0.473. The number of hydrogen-bond donors (Lipinski definition) is 3. The van der Waals surface area contributed by atoms with Crippen molar-refractivity contribution in [1.82, 2.24) is 14.9 Å². The third-order valence-corrected chi connectivity index (χ3v) is 5.01. The zero-order valence-electron chi connectivity index (χ0n) is 17.4. The van der Waals surface area contributed by atoms with Crippen molar-refractivity contribution in [2.45, 2.75) is 12.0 Å². The van der Waals surface area contributed by atoms with E-state index in [4.69, 9.17) is 10.5 Å². The Morgan fingerprint density at radius 2 is 2.29 bits per heavy atom. The molecule has 1 fully saturated rings. The fourth-order valence-electron chi connectivity index (χ4n) is 3.13. The van der Waals surface area contributed by atoms with Gasteiger partial charge in [0.05, 0.1) is 24.2 Å². The molecular weight excluding hydrogens is 401 g/mol. The molecule has 162 valence electrons. The van der Waals surface area contributed by atoms with E-state index in [2.05, 4.69) is 33.7 Å².